The van der Waals surface area contributed by atoms with Crippen LogP contribution in [0, 0.1) is 5.82 Å². The molecule has 1 unspecified atom stereocenters. The molecule has 0 spiro atoms. The van der Waals surface area contributed by atoms with Gasteiger partial charge in [-0.25, -0.2) is 9.18 Å². The van der Waals surface area contributed by atoms with Gasteiger partial charge >= 0.3 is 12.1 Å². The van der Waals surface area contributed by atoms with Crippen molar-refractivity contribution in [3.63, 3.8) is 0 Å². The van der Waals surface area contributed by atoms with Crippen LogP contribution in [0.3, 0.4) is 0 Å². The summed E-state index contributed by atoms with van der Waals surface area (Å²) in [7, 11) is 1.25. The normalized spacial score (nSPS) is 13.0. The third-order valence-electron chi connectivity index (χ3n) is 3.66. The van der Waals surface area contributed by atoms with Crippen molar-refractivity contribution in [2.24, 2.45) is 0 Å². The standard InChI is InChI=1S/C18H12Cl2F4O3/c1-27-15-6-9(2-4-11(15)17(25)26)3-5-12(18(22,23)24)10-7-13(19)16(21)14(20)8-10/h2-8,12H,1H3,(H,25,26). The zero-order chi connectivity index (χ0) is 20.4. The lowest BCUT2D eigenvalue weighted by Crippen LogP contribution is -2.19. The molecule has 1 N–H and O–H groups in total. The molecule has 2 rings (SSSR count). The Morgan fingerprint density at radius 1 is 1.19 bits per heavy atom. The maximum atomic E-state index is 13.5. The van der Waals surface area contributed by atoms with Crippen molar-refractivity contribution in [3.8, 4) is 5.75 Å². The molecule has 3 nitrogen and oxygen atoms in total. The van der Waals surface area contributed by atoms with E-state index in [4.69, 9.17) is 33.0 Å². The van der Waals surface area contributed by atoms with Gasteiger partial charge < -0.3 is 9.84 Å². The zero-order valence-electron chi connectivity index (χ0n) is 13.7. The van der Waals surface area contributed by atoms with Crippen LogP contribution < -0.4 is 4.74 Å². The van der Waals surface area contributed by atoms with E-state index in [1.54, 1.807) is 0 Å². The molecule has 27 heavy (non-hydrogen) atoms. The van der Waals surface area contributed by atoms with Crippen molar-refractivity contribution in [3.05, 3.63) is 69.0 Å². The molecule has 0 aliphatic carbocycles. The van der Waals surface area contributed by atoms with Crippen LogP contribution in [0.1, 0.15) is 27.4 Å². The molecular formula is C18H12Cl2F4O3. The predicted octanol–water partition coefficient (Wildman–Crippen LogP) is 6.20. The molecule has 2 aromatic carbocycles. The Morgan fingerprint density at radius 3 is 2.26 bits per heavy atom. The van der Waals surface area contributed by atoms with Crippen molar-refractivity contribution < 1.29 is 32.2 Å². The van der Waals surface area contributed by atoms with Crippen LogP contribution >= 0.6 is 23.2 Å². The highest BCUT2D eigenvalue weighted by molar-refractivity contribution is 6.35. The van der Waals surface area contributed by atoms with Gasteiger partial charge in [0.1, 0.15) is 11.3 Å². The molecule has 0 aliphatic heterocycles. The summed E-state index contributed by atoms with van der Waals surface area (Å²) in [6.07, 6.45) is -2.70. The molecule has 0 bridgehead atoms. The lowest BCUT2D eigenvalue weighted by Gasteiger charge is -2.18. The highest BCUT2D eigenvalue weighted by atomic mass is 35.5. The molecule has 9 heteroatoms. The van der Waals surface area contributed by atoms with Crippen LogP contribution in [-0.4, -0.2) is 24.4 Å². The van der Waals surface area contributed by atoms with Crippen molar-refractivity contribution in [2.75, 3.05) is 7.11 Å². The van der Waals surface area contributed by atoms with Gasteiger partial charge in [-0.2, -0.15) is 13.2 Å². The summed E-state index contributed by atoms with van der Waals surface area (Å²) in [6, 6.07) is 5.56. The maximum absolute atomic E-state index is 13.5. The Morgan fingerprint density at radius 2 is 1.78 bits per heavy atom. The molecular weight excluding hydrogens is 411 g/mol. The average molecular weight is 423 g/mol. The number of hydrogen-bond donors (Lipinski definition) is 1. The molecule has 0 amide bonds. The minimum Gasteiger partial charge on any atom is -0.496 e. The maximum Gasteiger partial charge on any atom is 0.399 e. The molecule has 0 aliphatic rings. The summed E-state index contributed by atoms with van der Waals surface area (Å²) >= 11 is 11.2. The Kier molecular flexibility index (Phi) is 6.38. The average Bonchev–Trinajstić information content (AvgIpc) is 2.58. The number of benzene rings is 2. The third-order valence-corrected chi connectivity index (χ3v) is 4.21. The van der Waals surface area contributed by atoms with Crippen molar-refractivity contribution >= 4 is 35.2 Å². The monoisotopic (exact) mass is 422 g/mol. The summed E-state index contributed by atoms with van der Waals surface area (Å²) in [5, 5.41) is 7.99. The lowest BCUT2D eigenvalue weighted by atomic mass is 9.96. The van der Waals surface area contributed by atoms with Gasteiger partial charge in [0.25, 0.3) is 0 Å². The number of aromatic carboxylic acids is 1. The second-order valence-electron chi connectivity index (χ2n) is 5.44. The van der Waals surface area contributed by atoms with Crippen LogP contribution in [0.15, 0.2) is 36.4 Å². The summed E-state index contributed by atoms with van der Waals surface area (Å²) in [4.78, 5) is 11.1. The van der Waals surface area contributed by atoms with Crippen molar-refractivity contribution in [2.45, 2.75) is 12.1 Å². The SMILES string of the molecule is COc1cc(C=CC(c2cc(Cl)c(F)c(Cl)c2)C(F)(F)F)ccc1C(=O)O. The van der Waals surface area contributed by atoms with Gasteiger partial charge in [0.15, 0.2) is 5.82 Å². The van der Waals surface area contributed by atoms with E-state index in [1.807, 2.05) is 0 Å². The quantitative estimate of drug-likeness (QED) is 0.460. The third kappa shape index (κ3) is 4.93. The Bertz CT molecular complexity index is 872. The van der Waals surface area contributed by atoms with Crippen LogP contribution in [0.4, 0.5) is 17.6 Å². The number of allylic oxidation sites excluding steroid dienone is 1. The van der Waals surface area contributed by atoms with Crippen LogP contribution in [-0.2, 0) is 0 Å². The van der Waals surface area contributed by atoms with Crippen LogP contribution in [0.5, 0.6) is 5.75 Å². The van der Waals surface area contributed by atoms with Gasteiger partial charge in [-0.1, -0.05) is 41.4 Å². The van der Waals surface area contributed by atoms with Gasteiger partial charge in [-0.05, 0) is 35.4 Å². The largest absolute Gasteiger partial charge is 0.496 e. The van der Waals surface area contributed by atoms with E-state index in [9.17, 15) is 22.4 Å². The smallest absolute Gasteiger partial charge is 0.399 e. The zero-order valence-corrected chi connectivity index (χ0v) is 15.2. The minimum absolute atomic E-state index is 0.001000. The van der Waals surface area contributed by atoms with E-state index in [0.717, 1.165) is 24.3 Å². The summed E-state index contributed by atoms with van der Waals surface area (Å²) < 4.78 is 58.8. The Hall–Kier alpha value is -2.25. The fourth-order valence-corrected chi connectivity index (χ4v) is 2.86. The molecule has 1 atom stereocenters. The number of alkyl halides is 3. The Balaban J connectivity index is 2.45. The van der Waals surface area contributed by atoms with Gasteiger partial charge in [0.05, 0.1) is 23.1 Å². The molecule has 0 saturated heterocycles. The number of hydrogen-bond acceptors (Lipinski definition) is 2. The molecule has 0 aromatic heterocycles. The number of carboxylic acid groups (broad SMARTS) is 1. The number of carboxylic acids is 1. The number of rotatable bonds is 5. The molecule has 144 valence electrons. The first-order valence-electron chi connectivity index (χ1n) is 7.35. The number of methoxy groups -OCH3 is 1. The first-order valence-corrected chi connectivity index (χ1v) is 8.11. The lowest BCUT2D eigenvalue weighted by molar-refractivity contribution is -0.139. The van der Waals surface area contributed by atoms with Gasteiger partial charge in [0, 0.05) is 0 Å². The minimum atomic E-state index is -4.69. The summed E-state index contributed by atoms with van der Waals surface area (Å²) in [6.45, 7) is 0. The molecule has 0 saturated carbocycles. The second kappa shape index (κ2) is 8.19. The first kappa shape index (κ1) is 21.1. The number of carbonyl (C=O) groups is 1. The molecule has 0 fully saturated rings. The summed E-state index contributed by atoms with van der Waals surface area (Å²) in [5.41, 5.74) is -0.172. The first-order chi connectivity index (χ1) is 12.5. The van der Waals surface area contributed by atoms with E-state index in [2.05, 4.69) is 0 Å². The number of ether oxygens (including phenoxy) is 1. The van der Waals surface area contributed by atoms with Gasteiger partial charge in [-0.3, -0.25) is 0 Å². The summed E-state index contributed by atoms with van der Waals surface area (Å²) in [5.74, 6) is -4.33. The highest BCUT2D eigenvalue weighted by Gasteiger charge is 2.39. The highest BCUT2D eigenvalue weighted by Crippen LogP contribution is 2.39. The van der Waals surface area contributed by atoms with E-state index in [-0.39, 0.29) is 22.4 Å². The van der Waals surface area contributed by atoms with Crippen LogP contribution in [0.2, 0.25) is 10.0 Å². The Labute approximate surface area is 161 Å². The van der Waals surface area contributed by atoms with Gasteiger partial charge in [-0.15, -0.1) is 0 Å². The second-order valence-corrected chi connectivity index (χ2v) is 6.26. The van der Waals surface area contributed by atoms with E-state index >= 15 is 0 Å². The van der Waals surface area contributed by atoms with Gasteiger partial charge in [0.2, 0.25) is 0 Å². The predicted molar refractivity (Wildman–Crippen MR) is 94.2 cm³/mol. The molecule has 0 heterocycles. The topological polar surface area (TPSA) is 46.5 Å². The van der Waals surface area contributed by atoms with Crippen LogP contribution in [0.25, 0.3) is 6.08 Å². The van der Waals surface area contributed by atoms with E-state index < -0.39 is 33.9 Å². The van der Waals surface area contributed by atoms with E-state index in [1.165, 1.54) is 25.3 Å². The molecule has 0 radical (unpaired) electrons. The number of halogens is 6. The van der Waals surface area contributed by atoms with E-state index in [0.29, 0.717) is 0 Å². The molecule has 2 aromatic rings. The fourth-order valence-electron chi connectivity index (χ4n) is 2.36. The fraction of sp³-hybridized carbons (Fsp3) is 0.167. The van der Waals surface area contributed by atoms with Crippen molar-refractivity contribution in [1.82, 2.24) is 0 Å². The van der Waals surface area contributed by atoms with Crippen molar-refractivity contribution in [1.29, 1.82) is 0 Å².